The van der Waals surface area contributed by atoms with E-state index in [9.17, 15) is 14.0 Å². The average Bonchev–Trinajstić information content (AvgIpc) is 2.49. The minimum Gasteiger partial charge on any atom is -0.465 e. The van der Waals surface area contributed by atoms with Crippen molar-refractivity contribution < 1.29 is 28.6 Å². The van der Waals surface area contributed by atoms with Crippen molar-refractivity contribution in [3.63, 3.8) is 0 Å². The lowest BCUT2D eigenvalue weighted by Gasteiger charge is -2.28. The Hall–Kier alpha value is -2.31. The molecule has 1 aliphatic heterocycles. The number of rotatable bonds is 4. The number of carbonyl (C=O) groups excluding carboxylic acids is 1. The molecule has 1 aliphatic rings. The van der Waals surface area contributed by atoms with Crippen molar-refractivity contribution in [2.24, 2.45) is 5.92 Å². The van der Waals surface area contributed by atoms with Crippen LogP contribution in [0.15, 0.2) is 24.3 Å². The zero-order chi connectivity index (χ0) is 15.2. The van der Waals surface area contributed by atoms with E-state index in [0.717, 1.165) is 0 Å². The third-order valence-electron chi connectivity index (χ3n) is 3.35. The van der Waals surface area contributed by atoms with E-state index in [1.54, 1.807) is 6.07 Å². The molecule has 7 heteroatoms. The molecule has 0 spiro atoms. The molecule has 1 heterocycles. The third-order valence-corrected chi connectivity index (χ3v) is 3.35. The number of esters is 1. The molecule has 0 saturated carbocycles. The Morgan fingerprint density at radius 3 is 2.57 bits per heavy atom. The third kappa shape index (κ3) is 4.08. The van der Waals surface area contributed by atoms with Crippen molar-refractivity contribution in [1.82, 2.24) is 4.90 Å². The van der Waals surface area contributed by atoms with Gasteiger partial charge in [-0.2, -0.15) is 0 Å². The number of nitrogens with zero attached hydrogens (tertiary/aromatic N) is 1. The predicted octanol–water partition coefficient (Wildman–Crippen LogP) is 2.10. The van der Waals surface area contributed by atoms with Crippen LogP contribution in [0.5, 0.6) is 5.75 Å². The first-order valence-corrected chi connectivity index (χ1v) is 6.60. The van der Waals surface area contributed by atoms with Gasteiger partial charge in [0, 0.05) is 13.1 Å². The summed E-state index contributed by atoms with van der Waals surface area (Å²) in [5.41, 5.74) is 0. The molecule has 0 unspecified atom stereocenters. The second-order valence-corrected chi connectivity index (χ2v) is 4.70. The Balaban J connectivity index is 1.73. The zero-order valence-corrected chi connectivity index (χ0v) is 11.3. The lowest BCUT2D eigenvalue weighted by atomic mass is 9.97. The van der Waals surface area contributed by atoms with Crippen LogP contribution < -0.4 is 4.74 Å². The summed E-state index contributed by atoms with van der Waals surface area (Å²) in [5.74, 6) is -1.30. The van der Waals surface area contributed by atoms with E-state index < -0.39 is 17.9 Å². The molecular formula is C14H16FNO5. The van der Waals surface area contributed by atoms with Crippen LogP contribution in [0.1, 0.15) is 12.8 Å². The van der Waals surface area contributed by atoms with Crippen LogP contribution in [0.3, 0.4) is 0 Å². The van der Waals surface area contributed by atoms with Crippen LogP contribution in [0, 0.1) is 11.7 Å². The molecule has 2 rings (SSSR count). The topological polar surface area (TPSA) is 76.1 Å². The summed E-state index contributed by atoms with van der Waals surface area (Å²) in [5, 5.41) is 8.81. The average molecular weight is 297 g/mol. The highest BCUT2D eigenvalue weighted by Crippen LogP contribution is 2.19. The number of carbonyl (C=O) groups is 2. The molecule has 114 valence electrons. The van der Waals surface area contributed by atoms with Crippen molar-refractivity contribution in [2.75, 3.05) is 19.9 Å². The maximum absolute atomic E-state index is 13.3. The number of hydrogen-bond donors (Lipinski definition) is 1. The highest BCUT2D eigenvalue weighted by molar-refractivity contribution is 5.73. The minimum atomic E-state index is -0.982. The molecule has 0 bridgehead atoms. The first-order valence-electron chi connectivity index (χ1n) is 6.60. The van der Waals surface area contributed by atoms with Crippen molar-refractivity contribution in [1.29, 1.82) is 0 Å². The summed E-state index contributed by atoms with van der Waals surface area (Å²) >= 11 is 0. The second-order valence-electron chi connectivity index (χ2n) is 4.70. The van der Waals surface area contributed by atoms with Crippen LogP contribution in [0.2, 0.25) is 0 Å². The fourth-order valence-electron chi connectivity index (χ4n) is 2.14. The SMILES string of the molecule is O=C(OCOc1ccccc1F)C1CCN(C(=O)O)CC1. The van der Waals surface area contributed by atoms with Gasteiger partial charge in [0.25, 0.3) is 0 Å². The van der Waals surface area contributed by atoms with E-state index >= 15 is 0 Å². The fraction of sp³-hybridized carbons (Fsp3) is 0.429. The molecule has 0 atom stereocenters. The number of ether oxygens (including phenoxy) is 2. The van der Waals surface area contributed by atoms with Gasteiger partial charge in [-0.3, -0.25) is 4.79 Å². The zero-order valence-electron chi connectivity index (χ0n) is 11.3. The number of likely N-dealkylation sites (tertiary alicyclic amines) is 1. The fourth-order valence-corrected chi connectivity index (χ4v) is 2.14. The molecule has 1 saturated heterocycles. The van der Waals surface area contributed by atoms with E-state index in [0.29, 0.717) is 25.9 Å². The van der Waals surface area contributed by atoms with Gasteiger partial charge in [-0.15, -0.1) is 0 Å². The van der Waals surface area contributed by atoms with Crippen LogP contribution in [-0.2, 0) is 9.53 Å². The van der Waals surface area contributed by atoms with E-state index in [1.165, 1.54) is 23.1 Å². The summed E-state index contributed by atoms with van der Waals surface area (Å²) in [4.78, 5) is 23.8. The molecule has 0 aromatic heterocycles. The second kappa shape index (κ2) is 6.92. The van der Waals surface area contributed by atoms with E-state index in [4.69, 9.17) is 14.6 Å². The summed E-state index contributed by atoms with van der Waals surface area (Å²) in [7, 11) is 0. The number of halogens is 1. The molecule has 1 N–H and O–H groups in total. The lowest BCUT2D eigenvalue weighted by Crippen LogP contribution is -2.40. The number of piperidine rings is 1. The van der Waals surface area contributed by atoms with Gasteiger partial charge in [0.05, 0.1) is 5.92 Å². The molecule has 1 fully saturated rings. The molecule has 0 radical (unpaired) electrons. The molecule has 0 aliphatic carbocycles. The monoisotopic (exact) mass is 297 g/mol. The van der Waals surface area contributed by atoms with E-state index in [-0.39, 0.29) is 18.5 Å². The van der Waals surface area contributed by atoms with Crippen LogP contribution in [0.4, 0.5) is 9.18 Å². The summed E-state index contributed by atoms with van der Waals surface area (Å²) < 4.78 is 23.2. The first kappa shape index (κ1) is 15.1. The Morgan fingerprint density at radius 1 is 1.29 bits per heavy atom. The maximum atomic E-state index is 13.3. The molecule has 1 aromatic carbocycles. The maximum Gasteiger partial charge on any atom is 0.407 e. The number of carboxylic acid groups (broad SMARTS) is 1. The van der Waals surface area contributed by atoms with Gasteiger partial charge in [-0.25, -0.2) is 9.18 Å². The molecule has 1 amide bonds. The molecule has 21 heavy (non-hydrogen) atoms. The molecular weight excluding hydrogens is 281 g/mol. The van der Waals surface area contributed by atoms with Gasteiger partial charge in [-0.05, 0) is 25.0 Å². The number of benzene rings is 1. The molecule has 1 aromatic rings. The van der Waals surface area contributed by atoms with Crippen molar-refractivity contribution in [3.05, 3.63) is 30.1 Å². The Morgan fingerprint density at radius 2 is 1.95 bits per heavy atom. The summed E-state index contributed by atoms with van der Waals surface area (Å²) in [6.07, 6.45) is -0.139. The summed E-state index contributed by atoms with van der Waals surface area (Å²) in [6, 6.07) is 5.83. The smallest absolute Gasteiger partial charge is 0.407 e. The van der Waals surface area contributed by atoms with Gasteiger partial charge in [0.2, 0.25) is 6.79 Å². The van der Waals surface area contributed by atoms with Crippen molar-refractivity contribution in [3.8, 4) is 5.75 Å². The molecule has 6 nitrogen and oxygen atoms in total. The number of hydrogen-bond acceptors (Lipinski definition) is 4. The first-order chi connectivity index (χ1) is 10.1. The number of para-hydroxylation sites is 1. The normalized spacial score (nSPS) is 15.6. The van der Waals surface area contributed by atoms with E-state index in [2.05, 4.69) is 0 Å². The van der Waals surface area contributed by atoms with Gasteiger partial charge in [-0.1, -0.05) is 12.1 Å². The van der Waals surface area contributed by atoms with Crippen molar-refractivity contribution >= 4 is 12.1 Å². The van der Waals surface area contributed by atoms with Gasteiger partial charge < -0.3 is 19.5 Å². The van der Waals surface area contributed by atoms with Crippen LogP contribution >= 0.6 is 0 Å². The van der Waals surface area contributed by atoms with Crippen molar-refractivity contribution in [2.45, 2.75) is 12.8 Å². The minimum absolute atomic E-state index is 0.0194. The van der Waals surface area contributed by atoms with Gasteiger partial charge in [0.1, 0.15) is 0 Å². The van der Waals surface area contributed by atoms with Crippen LogP contribution in [0.25, 0.3) is 0 Å². The quantitative estimate of drug-likeness (QED) is 0.680. The Kier molecular flexibility index (Phi) is 4.97. The lowest BCUT2D eigenvalue weighted by molar-refractivity contribution is -0.156. The Bertz CT molecular complexity index is 514. The largest absolute Gasteiger partial charge is 0.465 e. The highest BCUT2D eigenvalue weighted by atomic mass is 19.1. The predicted molar refractivity (Wildman–Crippen MR) is 70.3 cm³/mol. The van der Waals surface area contributed by atoms with Crippen LogP contribution in [-0.4, -0.2) is 42.0 Å². The standard InChI is InChI=1S/C14H16FNO5/c15-11-3-1-2-4-12(11)20-9-21-13(17)10-5-7-16(8-6-10)14(18)19/h1-4,10H,5-9H2,(H,18,19). The number of amides is 1. The summed E-state index contributed by atoms with van der Waals surface area (Å²) in [6.45, 7) is 0.255. The highest BCUT2D eigenvalue weighted by Gasteiger charge is 2.28. The van der Waals surface area contributed by atoms with Gasteiger partial charge >= 0.3 is 12.1 Å². The van der Waals surface area contributed by atoms with E-state index in [1.807, 2.05) is 0 Å². The Labute approximate surface area is 121 Å². The van der Waals surface area contributed by atoms with Gasteiger partial charge in [0.15, 0.2) is 11.6 Å².